The lowest BCUT2D eigenvalue weighted by Crippen LogP contribution is -2.27. The molecule has 1 N–H and O–H groups in total. The first-order valence-corrected chi connectivity index (χ1v) is 8.69. The Hall–Kier alpha value is -2.67. The van der Waals surface area contributed by atoms with Gasteiger partial charge in [-0.3, -0.25) is 9.89 Å². The molecule has 128 valence electrons. The fourth-order valence-electron chi connectivity index (χ4n) is 2.22. The van der Waals surface area contributed by atoms with Gasteiger partial charge in [-0.05, 0) is 17.7 Å². The van der Waals surface area contributed by atoms with E-state index in [-0.39, 0.29) is 17.5 Å². The second kappa shape index (κ2) is 7.94. The van der Waals surface area contributed by atoms with Crippen LogP contribution in [0.1, 0.15) is 5.56 Å². The number of amides is 1. The average Bonchev–Trinajstić information content (AvgIpc) is 3.11. The molecule has 3 rings (SSSR count). The molecule has 0 atom stereocenters. The van der Waals surface area contributed by atoms with Crippen LogP contribution in [0.2, 0.25) is 0 Å². The molecule has 0 saturated heterocycles. The van der Waals surface area contributed by atoms with E-state index in [4.69, 9.17) is 0 Å². The summed E-state index contributed by atoms with van der Waals surface area (Å²) in [7, 11) is 1.72. The lowest BCUT2D eigenvalue weighted by Gasteiger charge is -2.16. The van der Waals surface area contributed by atoms with Crippen LogP contribution in [0, 0.1) is 5.82 Å². The third-order valence-electron chi connectivity index (χ3n) is 3.60. The molecule has 1 amide bonds. The molecule has 7 heteroatoms. The molecule has 0 aliphatic rings. The van der Waals surface area contributed by atoms with Crippen LogP contribution >= 0.6 is 11.8 Å². The maximum Gasteiger partial charge on any atom is 0.233 e. The van der Waals surface area contributed by atoms with E-state index < -0.39 is 0 Å². The van der Waals surface area contributed by atoms with Gasteiger partial charge in [0.25, 0.3) is 0 Å². The van der Waals surface area contributed by atoms with Gasteiger partial charge in [-0.15, -0.1) is 5.10 Å². The molecule has 3 aromatic rings. The molecule has 0 spiro atoms. The van der Waals surface area contributed by atoms with Gasteiger partial charge in [0, 0.05) is 19.2 Å². The van der Waals surface area contributed by atoms with E-state index in [1.165, 1.54) is 23.9 Å². The summed E-state index contributed by atoms with van der Waals surface area (Å²) in [6, 6.07) is 15.8. The van der Waals surface area contributed by atoms with Crippen LogP contribution in [0.3, 0.4) is 0 Å². The molecule has 5 nitrogen and oxygen atoms in total. The molecule has 0 unspecified atom stereocenters. The largest absolute Gasteiger partial charge is 0.341 e. The van der Waals surface area contributed by atoms with Crippen LogP contribution in [0.4, 0.5) is 4.39 Å². The Kier molecular flexibility index (Phi) is 5.45. The maximum absolute atomic E-state index is 12.9. The van der Waals surface area contributed by atoms with Gasteiger partial charge in [-0.2, -0.15) is 0 Å². The first-order chi connectivity index (χ1) is 12.1. The van der Waals surface area contributed by atoms with E-state index in [0.717, 1.165) is 11.1 Å². The van der Waals surface area contributed by atoms with Gasteiger partial charge in [0.1, 0.15) is 5.82 Å². The van der Waals surface area contributed by atoms with Crippen molar-refractivity contribution in [2.45, 2.75) is 11.7 Å². The van der Waals surface area contributed by atoms with E-state index in [1.807, 2.05) is 30.3 Å². The highest BCUT2D eigenvalue weighted by molar-refractivity contribution is 7.99. The van der Waals surface area contributed by atoms with Crippen molar-refractivity contribution in [3.8, 4) is 11.4 Å². The van der Waals surface area contributed by atoms with Crippen LogP contribution in [-0.2, 0) is 11.3 Å². The molecule has 25 heavy (non-hydrogen) atoms. The number of aromatic nitrogens is 3. The summed E-state index contributed by atoms with van der Waals surface area (Å²) in [5, 5.41) is 7.54. The van der Waals surface area contributed by atoms with Gasteiger partial charge in [0.15, 0.2) is 5.82 Å². The number of halogens is 1. The number of benzene rings is 2. The van der Waals surface area contributed by atoms with Crippen molar-refractivity contribution in [3.63, 3.8) is 0 Å². The molecule has 0 fully saturated rings. The van der Waals surface area contributed by atoms with Crippen LogP contribution in [0.5, 0.6) is 0 Å². The van der Waals surface area contributed by atoms with Crippen molar-refractivity contribution in [1.29, 1.82) is 0 Å². The normalized spacial score (nSPS) is 10.6. The molecule has 2 aromatic carbocycles. The zero-order valence-corrected chi connectivity index (χ0v) is 14.5. The number of carbonyl (C=O) groups excluding carboxylic acids is 1. The van der Waals surface area contributed by atoms with Crippen molar-refractivity contribution in [1.82, 2.24) is 20.1 Å². The molecule has 1 heterocycles. The Morgan fingerprint density at radius 2 is 1.88 bits per heavy atom. The lowest BCUT2D eigenvalue weighted by atomic mass is 10.2. The molecule has 0 aliphatic heterocycles. The zero-order valence-electron chi connectivity index (χ0n) is 13.6. The number of carbonyl (C=O) groups is 1. The minimum absolute atomic E-state index is 0.0413. The number of hydrogen-bond donors (Lipinski definition) is 1. The number of rotatable bonds is 6. The fourth-order valence-corrected chi connectivity index (χ4v) is 2.96. The second-order valence-corrected chi connectivity index (χ2v) is 6.44. The summed E-state index contributed by atoms with van der Waals surface area (Å²) >= 11 is 1.28. The molecule has 0 radical (unpaired) electrons. The minimum Gasteiger partial charge on any atom is -0.341 e. The Labute approximate surface area is 149 Å². The van der Waals surface area contributed by atoms with Gasteiger partial charge < -0.3 is 4.90 Å². The van der Waals surface area contributed by atoms with Crippen molar-refractivity contribution in [2.75, 3.05) is 12.8 Å². The van der Waals surface area contributed by atoms with Crippen LogP contribution < -0.4 is 0 Å². The quantitative estimate of drug-likeness (QED) is 0.688. The highest BCUT2D eigenvalue weighted by atomic mass is 32.2. The van der Waals surface area contributed by atoms with E-state index >= 15 is 0 Å². The Balaban J connectivity index is 1.53. The molecule has 0 saturated carbocycles. The third-order valence-corrected chi connectivity index (χ3v) is 4.43. The number of nitrogens with zero attached hydrogens (tertiary/aromatic N) is 3. The standard InChI is InChI=1S/C18H17FN4OS/c1-23(11-13-7-9-15(19)10-8-13)16(24)12-25-18-20-17(21-22-18)14-5-3-2-4-6-14/h2-10H,11-12H2,1H3,(H,20,21,22). The number of H-pyrrole nitrogens is 1. The SMILES string of the molecule is CN(Cc1ccc(F)cc1)C(=O)CSc1n[nH]c(-c2ccccc2)n1. The minimum atomic E-state index is -0.285. The summed E-state index contributed by atoms with van der Waals surface area (Å²) in [4.78, 5) is 18.2. The van der Waals surface area contributed by atoms with Crippen LogP contribution in [-0.4, -0.2) is 38.8 Å². The first-order valence-electron chi connectivity index (χ1n) is 7.71. The molecular weight excluding hydrogens is 339 g/mol. The number of thioether (sulfide) groups is 1. The zero-order chi connectivity index (χ0) is 17.6. The monoisotopic (exact) mass is 356 g/mol. The summed E-state index contributed by atoms with van der Waals surface area (Å²) < 4.78 is 12.9. The molecule has 0 bridgehead atoms. The summed E-state index contributed by atoms with van der Waals surface area (Å²) in [5.41, 5.74) is 1.83. The first kappa shape index (κ1) is 17.2. The van der Waals surface area contributed by atoms with Crippen molar-refractivity contribution in [2.24, 2.45) is 0 Å². The Morgan fingerprint density at radius 1 is 1.16 bits per heavy atom. The van der Waals surface area contributed by atoms with Crippen LogP contribution in [0.15, 0.2) is 59.8 Å². The number of hydrogen-bond acceptors (Lipinski definition) is 4. The third kappa shape index (κ3) is 4.67. The van der Waals surface area contributed by atoms with E-state index in [9.17, 15) is 9.18 Å². The average molecular weight is 356 g/mol. The molecule has 0 aliphatic carbocycles. The topological polar surface area (TPSA) is 61.9 Å². The summed E-state index contributed by atoms with van der Waals surface area (Å²) in [6.45, 7) is 0.433. The van der Waals surface area contributed by atoms with Crippen molar-refractivity contribution < 1.29 is 9.18 Å². The predicted molar refractivity (Wildman–Crippen MR) is 95.4 cm³/mol. The highest BCUT2D eigenvalue weighted by Gasteiger charge is 2.12. The highest BCUT2D eigenvalue weighted by Crippen LogP contribution is 2.19. The lowest BCUT2D eigenvalue weighted by molar-refractivity contribution is -0.127. The van der Waals surface area contributed by atoms with E-state index in [0.29, 0.717) is 17.5 Å². The van der Waals surface area contributed by atoms with Crippen molar-refractivity contribution >= 4 is 17.7 Å². The predicted octanol–water partition coefficient (Wildman–Crippen LogP) is 3.36. The van der Waals surface area contributed by atoms with Gasteiger partial charge in [0.2, 0.25) is 11.1 Å². The smallest absolute Gasteiger partial charge is 0.233 e. The number of aromatic amines is 1. The summed E-state index contributed by atoms with van der Waals surface area (Å²) in [5.74, 6) is 0.590. The molecular formula is C18H17FN4OS. The van der Waals surface area contributed by atoms with Crippen LogP contribution in [0.25, 0.3) is 11.4 Å². The van der Waals surface area contributed by atoms with Gasteiger partial charge in [-0.1, -0.05) is 54.2 Å². The Morgan fingerprint density at radius 3 is 2.60 bits per heavy atom. The second-order valence-electron chi connectivity index (χ2n) is 5.50. The van der Waals surface area contributed by atoms with Gasteiger partial charge in [-0.25, -0.2) is 9.37 Å². The fraction of sp³-hybridized carbons (Fsp3) is 0.167. The number of nitrogens with one attached hydrogen (secondary N) is 1. The van der Waals surface area contributed by atoms with E-state index in [1.54, 1.807) is 24.1 Å². The Bertz CT molecular complexity index is 836. The van der Waals surface area contributed by atoms with Gasteiger partial charge >= 0.3 is 0 Å². The maximum atomic E-state index is 12.9. The molecule has 1 aromatic heterocycles. The van der Waals surface area contributed by atoms with E-state index in [2.05, 4.69) is 15.2 Å². The van der Waals surface area contributed by atoms with Gasteiger partial charge in [0.05, 0.1) is 5.75 Å². The van der Waals surface area contributed by atoms with Crippen molar-refractivity contribution in [3.05, 3.63) is 66.0 Å². The summed E-state index contributed by atoms with van der Waals surface area (Å²) in [6.07, 6.45) is 0.